The highest BCUT2D eigenvalue weighted by Gasteiger charge is 2.15. The van der Waals surface area contributed by atoms with Crippen LogP contribution in [-0.2, 0) is 0 Å². The minimum atomic E-state index is 0.195. The van der Waals surface area contributed by atoms with E-state index in [1.54, 1.807) is 0 Å². The van der Waals surface area contributed by atoms with Crippen LogP contribution >= 0.6 is 11.6 Å². The fourth-order valence-corrected chi connectivity index (χ4v) is 3.20. The first-order chi connectivity index (χ1) is 8.31. The first-order valence-corrected chi connectivity index (χ1v) is 7.49. The van der Waals surface area contributed by atoms with Crippen LogP contribution in [0.4, 0.5) is 0 Å². The van der Waals surface area contributed by atoms with Gasteiger partial charge >= 0.3 is 0 Å². The molecule has 2 rings (SSSR count). The van der Waals surface area contributed by atoms with E-state index in [2.05, 4.69) is 31.2 Å². The molecule has 1 atom stereocenters. The van der Waals surface area contributed by atoms with Crippen LogP contribution in [0.1, 0.15) is 74.3 Å². The number of benzene rings is 1. The SMILES string of the molecule is CCCC(Cl)c1ccc(C2CCCCC2)cc1. The molecule has 94 valence electrons. The van der Waals surface area contributed by atoms with Gasteiger partial charge in [0, 0.05) is 0 Å². The van der Waals surface area contributed by atoms with Gasteiger partial charge in [0.2, 0.25) is 0 Å². The van der Waals surface area contributed by atoms with Crippen molar-refractivity contribution in [3.05, 3.63) is 35.4 Å². The van der Waals surface area contributed by atoms with Gasteiger partial charge in [-0.1, -0.05) is 56.9 Å². The molecule has 1 aliphatic carbocycles. The van der Waals surface area contributed by atoms with Crippen molar-refractivity contribution < 1.29 is 0 Å². The van der Waals surface area contributed by atoms with Crippen molar-refractivity contribution >= 4 is 11.6 Å². The molecule has 1 aliphatic rings. The van der Waals surface area contributed by atoms with E-state index in [-0.39, 0.29) is 5.38 Å². The summed E-state index contributed by atoms with van der Waals surface area (Å²) in [4.78, 5) is 0. The predicted molar refractivity (Wildman–Crippen MR) is 75.8 cm³/mol. The summed E-state index contributed by atoms with van der Waals surface area (Å²) >= 11 is 6.34. The standard InChI is InChI=1S/C16H23Cl/c1-2-6-16(17)15-11-9-14(10-12-15)13-7-4-3-5-8-13/h9-13,16H,2-8H2,1H3. The van der Waals surface area contributed by atoms with E-state index in [1.807, 2.05) is 0 Å². The van der Waals surface area contributed by atoms with Gasteiger partial charge in [0.1, 0.15) is 0 Å². The highest BCUT2D eigenvalue weighted by atomic mass is 35.5. The van der Waals surface area contributed by atoms with Gasteiger partial charge in [-0.05, 0) is 36.3 Å². The second kappa shape index (κ2) is 6.44. The van der Waals surface area contributed by atoms with Crippen molar-refractivity contribution in [3.63, 3.8) is 0 Å². The van der Waals surface area contributed by atoms with Gasteiger partial charge in [0.15, 0.2) is 0 Å². The van der Waals surface area contributed by atoms with E-state index >= 15 is 0 Å². The number of alkyl halides is 1. The molecular weight excluding hydrogens is 228 g/mol. The normalized spacial score (nSPS) is 19.2. The largest absolute Gasteiger partial charge is 0.118 e. The molecule has 0 N–H and O–H groups in total. The van der Waals surface area contributed by atoms with Crippen molar-refractivity contribution in [2.45, 2.75) is 63.2 Å². The van der Waals surface area contributed by atoms with Gasteiger partial charge in [-0.15, -0.1) is 11.6 Å². The second-order valence-corrected chi connectivity index (χ2v) is 5.78. The van der Waals surface area contributed by atoms with Crippen molar-refractivity contribution in [1.82, 2.24) is 0 Å². The van der Waals surface area contributed by atoms with Crippen LogP contribution in [0, 0.1) is 0 Å². The monoisotopic (exact) mass is 250 g/mol. The van der Waals surface area contributed by atoms with Crippen molar-refractivity contribution in [2.24, 2.45) is 0 Å². The molecule has 0 aliphatic heterocycles. The molecule has 0 saturated heterocycles. The lowest BCUT2D eigenvalue weighted by molar-refractivity contribution is 0.443. The Kier molecular flexibility index (Phi) is 4.91. The Hall–Kier alpha value is -0.490. The molecule has 0 radical (unpaired) electrons. The van der Waals surface area contributed by atoms with Crippen molar-refractivity contribution in [3.8, 4) is 0 Å². The number of halogens is 1. The smallest absolute Gasteiger partial charge is 0.0585 e. The lowest BCUT2D eigenvalue weighted by atomic mass is 9.84. The Morgan fingerprint density at radius 3 is 2.35 bits per heavy atom. The molecule has 0 bridgehead atoms. The first kappa shape index (κ1) is 13.0. The van der Waals surface area contributed by atoms with Gasteiger partial charge in [0.25, 0.3) is 0 Å². The number of hydrogen-bond donors (Lipinski definition) is 0. The van der Waals surface area contributed by atoms with Crippen LogP contribution in [0.25, 0.3) is 0 Å². The zero-order valence-electron chi connectivity index (χ0n) is 10.8. The van der Waals surface area contributed by atoms with Gasteiger partial charge in [-0.3, -0.25) is 0 Å². The maximum Gasteiger partial charge on any atom is 0.0585 e. The van der Waals surface area contributed by atoms with Gasteiger partial charge in [0.05, 0.1) is 5.38 Å². The molecule has 1 heteroatoms. The summed E-state index contributed by atoms with van der Waals surface area (Å²) < 4.78 is 0. The summed E-state index contributed by atoms with van der Waals surface area (Å²) in [6.07, 6.45) is 9.20. The molecule has 1 fully saturated rings. The summed E-state index contributed by atoms with van der Waals surface area (Å²) in [5.41, 5.74) is 2.81. The van der Waals surface area contributed by atoms with Gasteiger partial charge in [-0.25, -0.2) is 0 Å². The Morgan fingerprint density at radius 2 is 1.76 bits per heavy atom. The number of rotatable bonds is 4. The molecule has 17 heavy (non-hydrogen) atoms. The van der Waals surface area contributed by atoms with Crippen LogP contribution in [0.3, 0.4) is 0 Å². The highest BCUT2D eigenvalue weighted by Crippen LogP contribution is 2.34. The van der Waals surface area contributed by atoms with Gasteiger partial charge < -0.3 is 0 Å². The Bertz CT molecular complexity index is 322. The second-order valence-electron chi connectivity index (χ2n) is 5.26. The quantitative estimate of drug-likeness (QED) is 0.591. The maximum absolute atomic E-state index is 6.34. The van der Waals surface area contributed by atoms with Crippen LogP contribution in [0.2, 0.25) is 0 Å². The van der Waals surface area contributed by atoms with E-state index in [0.29, 0.717) is 0 Å². The summed E-state index contributed by atoms with van der Waals surface area (Å²) in [6.45, 7) is 2.19. The highest BCUT2D eigenvalue weighted by molar-refractivity contribution is 6.20. The minimum absolute atomic E-state index is 0.195. The lowest BCUT2D eigenvalue weighted by Crippen LogP contribution is -2.04. The average molecular weight is 251 g/mol. The molecular formula is C16H23Cl. The Balaban J connectivity index is 2.01. The van der Waals surface area contributed by atoms with Gasteiger partial charge in [-0.2, -0.15) is 0 Å². The van der Waals surface area contributed by atoms with Crippen LogP contribution in [0.15, 0.2) is 24.3 Å². The summed E-state index contributed by atoms with van der Waals surface area (Å²) in [5, 5.41) is 0.195. The summed E-state index contributed by atoms with van der Waals surface area (Å²) in [7, 11) is 0. The van der Waals surface area contributed by atoms with E-state index in [0.717, 1.165) is 18.8 Å². The zero-order chi connectivity index (χ0) is 12.1. The lowest BCUT2D eigenvalue weighted by Gasteiger charge is -2.22. The molecule has 0 amide bonds. The van der Waals surface area contributed by atoms with Crippen LogP contribution < -0.4 is 0 Å². The van der Waals surface area contributed by atoms with Crippen LogP contribution in [-0.4, -0.2) is 0 Å². The molecule has 1 saturated carbocycles. The molecule has 0 aromatic heterocycles. The molecule has 0 nitrogen and oxygen atoms in total. The minimum Gasteiger partial charge on any atom is -0.118 e. The number of hydrogen-bond acceptors (Lipinski definition) is 0. The molecule has 1 aromatic carbocycles. The first-order valence-electron chi connectivity index (χ1n) is 7.05. The fraction of sp³-hybridized carbons (Fsp3) is 0.625. The zero-order valence-corrected chi connectivity index (χ0v) is 11.5. The predicted octanol–water partition coefficient (Wildman–Crippen LogP) is 5.81. The van der Waals surface area contributed by atoms with E-state index in [4.69, 9.17) is 11.6 Å². The van der Waals surface area contributed by atoms with E-state index < -0.39 is 0 Å². The van der Waals surface area contributed by atoms with Crippen molar-refractivity contribution in [1.29, 1.82) is 0 Å². The molecule has 0 spiro atoms. The summed E-state index contributed by atoms with van der Waals surface area (Å²) in [5.74, 6) is 0.803. The fourth-order valence-electron chi connectivity index (χ4n) is 2.83. The average Bonchev–Trinajstić information content (AvgIpc) is 2.40. The molecule has 0 heterocycles. The molecule has 1 unspecified atom stereocenters. The Labute approximate surface area is 110 Å². The maximum atomic E-state index is 6.34. The Morgan fingerprint density at radius 1 is 1.12 bits per heavy atom. The van der Waals surface area contributed by atoms with E-state index in [9.17, 15) is 0 Å². The topological polar surface area (TPSA) is 0 Å². The summed E-state index contributed by atoms with van der Waals surface area (Å²) in [6, 6.07) is 9.07. The molecule has 1 aromatic rings. The van der Waals surface area contributed by atoms with Crippen LogP contribution in [0.5, 0.6) is 0 Å². The van der Waals surface area contributed by atoms with Crippen molar-refractivity contribution in [2.75, 3.05) is 0 Å². The third kappa shape index (κ3) is 3.48. The third-order valence-electron chi connectivity index (χ3n) is 3.92. The third-order valence-corrected chi connectivity index (χ3v) is 4.39. The van der Waals surface area contributed by atoms with E-state index in [1.165, 1.54) is 43.2 Å².